The number of hydrogen-bond donors (Lipinski definition) is 2. The lowest BCUT2D eigenvalue weighted by atomic mass is 10.2. The zero-order chi connectivity index (χ0) is 12.9. The second-order valence-electron chi connectivity index (χ2n) is 3.66. The van der Waals surface area contributed by atoms with Gasteiger partial charge in [0.1, 0.15) is 5.82 Å². The molecule has 0 saturated heterocycles. The summed E-state index contributed by atoms with van der Waals surface area (Å²) in [6.45, 7) is 5.14. The average Bonchev–Trinajstić information content (AvgIpc) is 2.28. The molecule has 0 bridgehead atoms. The molecule has 0 atom stereocenters. The molecule has 1 aromatic carbocycles. The summed E-state index contributed by atoms with van der Waals surface area (Å²) in [5.41, 5.74) is 0.319. The van der Waals surface area contributed by atoms with Gasteiger partial charge >= 0.3 is 0 Å². The molecule has 0 spiro atoms. The number of halogens is 2. The maximum atomic E-state index is 13.0. The number of sulfonamides is 1. The fourth-order valence-electron chi connectivity index (χ4n) is 1.32. The third-order valence-electron chi connectivity index (χ3n) is 2.28. The lowest BCUT2D eigenvalue weighted by Crippen LogP contribution is -2.31. The Morgan fingerprint density at radius 2 is 1.94 bits per heavy atom. The van der Waals surface area contributed by atoms with Crippen molar-refractivity contribution in [1.29, 1.82) is 0 Å². The highest BCUT2D eigenvalue weighted by Gasteiger charge is 2.14. The minimum atomic E-state index is -3.54. The highest BCUT2D eigenvalue weighted by molar-refractivity contribution is 7.89. The van der Waals surface area contributed by atoms with Gasteiger partial charge in [-0.2, -0.15) is 0 Å². The van der Waals surface area contributed by atoms with Gasteiger partial charge in [0, 0.05) is 13.1 Å². The van der Waals surface area contributed by atoms with Gasteiger partial charge in [0.25, 0.3) is 0 Å². The Bertz CT molecular complexity index is 480. The Labute approximate surface area is 113 Å². The van der Waals surface area contributed by atoms with Crippen LogP contribution in [0.1, 0.15) is 12.5 Å². The molecule has 7 heteroatoms. The number of nitrogens with one attached hydrogen (secondary N) is 2. The van der Waals surface area contributed by atoms with Crippen molar-refractivity contribution in [3.63, 3.8) is 0 Å². The molecule has 0 radical (unpaired) electrons. The van der Waals surface area contributed by atoms with E-state index < -0.39 is 15.8 Å². The molecule has 0 fully saturated rings. The van der Waals surface area contributed by atoms with E-state index in [1.807, 2.05) is 6.92 Å². The molecule has 0 amide bonds. The van der Waals surface area contributed by atoms with E-state index in [9.17, 15) is 12.8 Å². The Morgan fingerprint density at radius 3 is 2.50 bits per heavy atom. The van der Waals surface area contributed by atoms with Crippen LogP contribution in [0.4, 0.5) is 4.39 Å². The predicted octanol–water partition coefficient (Wildman–Crippen LogP) is 1.44. The molecule has 0 aliphatic heterocycles. The molecule has 4 nitrogen and oxygen atoms in total. The number of hydrogen-bond acceptors (Lipinski definition) is 3. The first kappa shape index (κ1) is 17.3. The maximum absolute atomic E-state index is 13.0. The monoisotopic (exact) mass is 296 g/mol. The van der Waals surface area contributed by atoms with E-state index >= 15 is 0 Å². The molecule has 0 heterocycles. The largest absolute Gasteiger partial charge is 0.316 e. The van der Waals surface area contributed by atoms with Crippen LogP contribution in [0, 0.1) is 12.7 Å². The van der Waals surface area contributed by atoms with Crippen LogP contribution in [-0.4, -0.2) is 28.1 Å². The molecule has 1 aromatic rings. The molecule has 18 heavy (non-hydrogen) atoms. The van der Waals surface area contributed by atoms with Crippen LogP contribution in [0.2, 0.25) is 0 Å². The summed E-state index contributed by atoms with van der Waals surface area (Å²) in [5, 5.41) is 3.01. The highest BCUT2D eigenvalue weighted by atomic mass is 35.5. The van der Waals surface area contributed by atoms with Crippen molar-refractivity contribution in [3.8, 4) is 0 Å². The van der Waals surface area contributed by atoms with Crippen molar-refractivity contribution in [2.75, 3.05) is 19.6 Å². The van der Waals surface area contributed by atoms with E-state index in [4.69, 9.17) is 0 Å². The molecule has 0 aromatic heterocycles. The first-order valence-corrected chi connectivity index (χ1v) is 6.92. The second kappa shape index (κ2) is 7.68. The molecule has 0 saturated carbocycles. The van der Waals surface area contributed by atoms with Gasteiger partial charge in [-0.1, -0.05) is 6.92 Å². The van der Waals surface area contributed by atoms with Gasteiger partial charge in [-0.25, -0.2) is 17.5 Å². The van der Waals surface area contributed by atoms with Gasteiger partial charge in [-0.05, 0) is 37.2 Å². The van der Waals surface area contributed by atoms with E-state index in [1.165, 1.54) is 19.1 Å². The molecule has 0 aliphatic rings. The van der Waals surface area contributed by atoms with Crippen LogP contribution < -0.4 is 10.0 Å². The number of rotatable bonds is 6. The van der Waals surface area contributed by atoms with Crippen molar-refractivity contribution >= 4 is 22.4 Å². The van der Waals surface area contributed by atoms with Gasteiger partial charge in [0.15, 0.2) is 0 Å². The van der Waals surface area contributed by atoms with E-state index in [-0.39, 0.29) is 17.3 Å². The summed E-state index contributed by atoms with van der Waals surface area (Å²) in [4.78, 5) is 0.0906. The summed E-state index contributed by atoms with van der Waals surface area (Å²) in [6, 6.07) is 3.75. The molecule has 104 valence electrons. The molecule has 0 unspecified atom stereocenters. The summed E-state index contributed by atoms with van der Waals surface area (Å²) >= 11 is 0. The molecular formula is C11H18ClFN2O2S. The van der Waals surface area contributed by atoms with Gasteiger partial charge < -0.3 is 5.32 Å². The summed E-state index contributed by atoms with van der Waals surface area (Å²) < 4.78 is 39.1. The molecule has 1 rings (SSSR count). The first-order chi connectivity index (χ1) is 7.97. The lowest BCUT2D eigenvalue weighted by Gasteiger charge is -2.08. The fourth-order valence-corrected chi connectivity index (χ4v) is 2.43. The Kier molecular flexibility index (Phi) is 7.39. The molecule has 0 aliphatic carbocycles. The predicted molar refractivity (Wildman–Crippen MR) is 72.1 cm³/mol. The minimum Gasteiger partial charge on any atom is -0.316 e. The van der Waals surface area contributed by atoms with Gasteiger partial charge in [0.2, 0.25) is 10.0 Å². The van der Waals surface area contributed by atoms with Crippen LogP contribution in [0.5, 0.6) is 0 Å². The van der Waals surface area contributed by atoms with Crippen molar-refractivity contribution in [2.24, 2.45) is 0 Å². The van der Waals surface area contributed by atoms with Crippen LogP contribution in [0.25, 0.3) is 0 Å². The summed E-state index contributed by atoms with van der Waals surface area (Å²) in [7, 11) is -3.54. The van der Waals surface area contributed by atoms with Crippen molar-refractivity contribution < 1.29 is 12.8 Å². The lowest BCUT2D eigenvalue weighted by molar-refractivity contribution is 0.576. The summed E-state index contributed by atoms with van der Waals surface area (Å²) in [6.07, 6.45) is 0. The number of aryl methyl sites for hydroxylation is 1. The third-order valence-corrected chi connectivity index (χ3v) is 3.74. The van der Waals surface area contributed by atoms with Crippen molar-refractivity contribution in [1.82, 2.24) is 10.0 Å². The number of benzene rings is 1. The zero-order valence-corrected chi connectivity index (χ0v) is 12.0. The Balaban J connectivity index is 0.00000289. The second-order valence-corrected chi connectivity index (χ2v) is 5.43. The van der Waals surface area contributed by atoms with Gasteiger partial charge in [-0.3, -0.25) is 0 Å². The topological polar surface area (TPSA) is 58.2 Å². The van der Waals surface area contributed by atoms with Crippen LogP contribution in [-0.2, 0) is 10.0 Å². The molecular weight excluding hydrogens is 279 g/mol. The maximum Gasteiger partial charge on any atom is 0.240 e. The quantitative estimate of drug-likeness (QED) is 0.781. The van der Waals surface area contributed by atoms with Crippen LogP contribution >= 0.6 is 12.4 Å². The van der Waals surface area contributed by atoms with Crippen molar-refractivity contribution in [2.45, 2.75) is 18.7 Å². The Morgan fingerprint density at radius 1 is 1.28 bits per heavy atom. The van der Waals surface area contributed by atoms with Crippen LogP contribution in [0.15, 0.2) is 23.1 Å². The first-order valence-electron chi connectivity index (χ1n) is 5.44. The smallest absolute Gasteiger partial charge is 0.240 e. The third kappa shape index (κ3) is 4.89. The van der Waals surface area contributed by atoms with Crippen molar-refractivity contribution in [3.05, 3.63) is 29.6 Å². The fraction of sp³-hybridized carbons (Fsp3) is 0.455. The SMILES string of the molecule is CCNCCNS(=O)(=O)c1ccc(F)c(C)c1.Cl. The van der Waals surface area contributed by atoms with E-state index in [1.54, 1.807) is 0 Å². The van der Waals surface area contributed by atoms with E-state index in [0.717, 1.165) is 12.6 Å². The van der Waals surface area contributed by atoms with E-state index in [0.29, 0.717) is 18.7 Å². The van der Waals surface area contributed by atoms with E-state index in [2.05, 4.69) is 10.0 Å². The normalized spacial score (nSPS) is 11.1. The van der Waals surface area contributed by atoms with Gasteiger partial charge in [0.05, 0.1) is 4.90 Å². The standard InChI is InChI=1S/C11H17FN2O2S.ClH/c1-3-13-6-7-14-17(15,16)10-4-5-11(12)9(2)8-10;/h4-5,8,13-14H,3,6-7H2,1-2H3;1H. The zero-order valence-electron chi connectivity index (χ0n) is 10.4. The highest BCUT2D eigenvalue weighted by Crippen LogP contribution is 2.13. The van der Waals surface area contributed by atoms with Crippen LogP contribution in [0.3, 0.4) is 0 Å². The minimum absolute atomic E-state index is 0. The van der Waals surface area contributed by atoms with Gasteiger partial charge in [-0.15, -0.1) is 12.4 Å². The molecule has 2 N–H and O–H groups in total. The average molecular weight is 297 g/mol. The Hall–Kier alpha value is -0.690. The summed E-state index contributed by atoms with van der Waals surface area (Å²) in [5.74, 6) is -0.406. The number of likely N-dealkylation sites (N-methyl/N-ethyl adjacent to an activating group) is 1.